The van der Waals surface area contributed by atoms with Crippen LogP contribution in [0.1, 0.15) is 45.7 Å². The van der Waals surface area contributed by atoms with Crippen molar-refractivity contribution in [2.24, 2.45) is 4.99 Å². The number of hydrogen-bond donors (Lipinski definition) is 0. The van der Waals surface area contributed by atoms with Gasteiger partial charge in [0.15, 0.2) is 0 Å². The first kappa shape index (κ1) is 18.8. The van der Waals surface area contributed by atoms with Gasteiger partial charge in [0.1, 0.15) is 0 Å². The van der Waals surface area contributed by atoms with E-state index in [1.807, 2.05) is 74.5 Å². The number of nitrogens with zero attached hydrogens (tertiary/aromatic N) is 2. The minimum atomic E-state index is -0.658. The molecule has 1 aliphatic heterocycles. The maximum atomic E-state index is 12.8. The Kier molecular flexibility index (Phi) is 4.85. The highest BCUT2D eigenvalue weighted by Gasteiger charge is 2.38. The van der Waals surface area contributed by atoms with Crippen LogP contribution in [0, 0.1) is 0 Å². The van der Waals surface area contributed by atoms with E-state index in [2.05, 4.69) is 0 Å². The zero-order chi connectivity index (χ0) is 20.4. The SMILES string of the molecule is CC(C)(CN1C(=O)c2ccccc2C1=O)[15N]=C(c1ccccc1)c1ccccc1. The van der Waals surface area contributed by atoms with Crippen molar-refractivity contribution in [1.29, 1.82) is 0 Å². The van der Waals surface area contributed by atoms with Gasteiger partial charge < -0.3 is 0 Å². The summed E-state index contributed by atoms with van der Waals surface area (Å²) in [7, 11) is 0. The first-order valence-corrected chi connectivity index (χ1v) is 9.62. The van der Waals surface area contributed by atoms with Crippen molar-refractivity contribution in [3.8, 4) is 0 Å². The molecule has 4 heteroatoms. The van der Waals surface area contributed by atoms with E-state index in [1.165, 1.54) is 4.90 Å². The minimum absolute atomic E-state index is 0.211. The summed E-state index contributed by atoms with van der Waals surface area (Å²) in [6.45, 7) is 4.10. The Morgan fingerprint density at radius 2 is 1.14 bits per heavy atom. The fraction of sp³-hybridized carbons (Fsp3) is 0.160. The van der Waals surface area contributed by atoms with E-state index < -0.39 is 5.54 Å². The molecule has 1 heterocycles. The molecule has 0 aliphatic carbocycles. The standard InChI is InChI=1S/C25H22N2O2/c1-25(2,17-27-23(28)20-15-9-10-16-21(20)24(27)29)26-22(18-11-5-3-6-12-18)19-13-7-4-8-14-19/h3-16H,17H2,1-2H3/i26+1. The van der Waals surface area contributed by atoms with E-state index in [9.17, 15) is 9.59 Å². The topological polar surface area (TPSA) is 49.7 Å². The van der Waals surface area contributed by atoms with Gasteiger partial charge in [-0.05, 0) is 26.0 Å². The van der Waals surface area contributed by atoms with Crippen LogP contribution in [-0.4, -0.2) is 34.5 Å². The molecule has 2 amide bonds. The number of carbonyl (C=O) groups is 2. The first-order chi connectivity index (χ1) is 14.0. The van der Waals surface area contributed by atoms with Gasteiger partial charge in [-0.25, -0.2) is 0 Å². The van der Waals surface area contributed by atoms with Gasteiger partial charge in [-0.15, -0.1) is 0 Å². The van der Waals surface area contributed by atoms with Crippen LogP contribution in [0.25, 0.3) is 0 Å². The molecule has 0 saturated heterocycles. The fourth-order valence-corrected chi connectivity index (χ4v) is 3.60. The molecule has 0 N–H and O–H groups in total. The summed E-state index contributed by atoms with van der Waals surface area (Å²) in [6, 6.07) is 26.9. The second-order valence-corrected chi connectivity index (χ2v) is 7.75. The molecule has 0 fully saturated rings. The van der Waals surface area contributed by atoms with E-state index in [-0.39, 0.29) is 18.4 Å². The van der Waals surface area contributed by atoms with E-state index in [0.29, 0.717) is 11.1 Å². The quantitative estimate of drug-likeness (QED) is 0.367. The summed E-state index contributed by atoms with van der Waals surface area (Å²) in [5.74, 6) is -0.510. The van der Waals surface area contributed by atoms with Crippen LogP contribution >= 0.6 is 0 Å². The second-order valence-electron chi connectivity index (χ2n) is 7.75. The van der Waals surface area contributed by atoms with E-state index >= 15 is 0 Å². The molecule has 0 radical (unpaired) electrons. The molecule has 4 nitrogen and oxygen atoms in total. The van der Waals surface area contributed by atoms with Crippen LogP contribution in [0.3, 0.4) is 0 Å². The molecule has 0 atom stereocenters. The lowest BCUT2D eigenvalue weighted by atomic mass is 10.0. The first-order valence-electron chi connectivity index (χ1n) is 9.62. The lowest BCUT2D eigenvalue weighted by Crippen LogP contribution is -2.41. The van der Waals surface area contributed by atoms with E-state index in [0.717, 1.165) is 16.8 Å². The molecule has 4 rings (SSSR count). The van der Waals surface area contributed by atoms with Gasteiger partial charge in [-0.3, -0.25) is 19.5 Å². The normalized spacial score (nSPS) is 13.4. The molecule has 0 saturated carbocycles. The minimum Gasteiger partial charge on any atom is -0.276 e. The molecule has 0 bridgehead atoms. The molecule has 29 heavy (non-hydrogen) atoms. The van der Waals surface area contributed by atoms with Gasteiger partial charge in [-0.2, -0.15) is 0 Å². The number of aliphatic imine (C=N–C) groups is 1. The largest absolute Gasteiger partial charge is 0.276 e. The van der Waals surface area contributed by atoms with Crippen molar-refractivity contribution in [1.82, 2.24) is 4.90 Å². The average Bonchev–Trinajstić information content (AvgIpc) is 2.98. The van der Waals surface area contributed by atoms with Crippen molar-refractivity contribution in [3.63, 3.8) is 0 Å². The van der Waals surface area contributed by atoms with Gasteiger partial charge in [0.05, 0.1) is 28.9 Å². The molecule has 0 unspecified atom stereocenters. The van der Waals surface area contributed by atoms with Crippen molar-refractivity contribution in [3.05, 3.63) is 107 Å². The highest BCUT2D eigenvalue weighted by molar-refractivity contribution is 6.21. The number of benzene rings is 3. The molecular weight excluding hydrogens is 361 g/mol. The Hall–Kier alpha value is -3.53. The number of imide groups is 1. The predicted molar refractivity (Wildman–Crippen MR) is 114 cm³/mol. The maximum absolute atomic E-state index is 12.8. The Morgan fingerprint density at radius 3 is 1.59 bits per heavy atom. The number of amides is 2. The zero-order valence-electron chi connectivity index (χ0n) is 16.5. The molecule has 0 spiro atoms. The van der Waals surface area contributed by atoms with Gasteiger partial charge in [-0.1, -0.05) is 72.8 Å². The smallest absolute Gasteiger partial charge is 0.261 e. The summed E-state index contributed by atoms with van der Waals surface area (Å²) in [5.41, 5.74) is 3.09. The average molecular weight is 383 g/mol. The van der Waals surface area contributed by atoms with Crippen LogP contribution in [0.5, 0.6) is 0 Å². The van der Waals surface area contributed by atoms with Crippen LogP contribution in [-0.2, 0) is 0 Å². The predicted octanol–water partition coefficient (Wildman–Crippen LogP) is 4.60. The number of carbonyl (C=O) groups excluding carboxylic acids is 2. The zero-order valence-corrected chi connectivity index (χ0v) is 16.5. The molecule has 0 aromatic heterocycles. The molecule has 1 aliphatic rings. The summed E-state index contributed by atoms with van der Waals surface area (Å²) in [4.78, 5) is 31.9. The summed E-state index contributed by atoms with van der Waals surface area (Å²) < 4.78 is 0. The lowest BCUT2D eigenvalue weighted by Gasteiger charge is -2.27. The molecule has 3 aromatic rings. The number of rotatable bonds is 5. The molecule has 144 valence electrons. The van der Waals surface area contributed by atoms with Crippen LogP contribution < -0.4 is 0 Å². The highest BCUT2D eigenvalue weighted by atomic mass is 16.2. The van der Waals surface area contributed by atoms with Crippen molar-refractivity contribution >= 4 is 17.5 Å². The molecular formula is C25H22N2O2. The third-order valence-electron chi connectivity index (χ3n) is 4.93. The second kappa shape index (κ2) is 7.47. The van der Waals surface area contributed by atoms with Gasteiger partial charge >= 0.3 is 0 Å². The number of hydrogen-bond acceptors (Lipinski definition) is 3. The lowest BCUT2D eigenvalue weighted by molar-refractivity contribution is 0.0626. The van der Waals surface area contributed by atoms with E-state index in [4.69, 9.17) is 4.99 Å². The van der Waals surface area contributed by atoms with Gasteiger partial charge in [0, 0.05) is 11.1 Å². The Labute approximate surface area is 170 Å². The summed E-state index contributed by atoms with van der Waals surface area (Å²) in [5, 5.41) is 0. The van der Waals surface area contributed by atoms with Crippen molar-refractivity contribution in [2.75, 3.05) is 6.54 Å². The van der Waals surface area contributed by atoms with Crippen LogP contribution in [0.15, 0.2) is 89.9 Å². The summed E-state index contributed by atoms with van der Waals surface area (Å²) >= 11 is 0. The number of fused-ring (bicyclic) bond motifs is 1. The van der Waals surface area contributed by atoms with Crippen LogP contribution in [0.4, 0.5) is 0 Å². The maximum Gasteiger partial charge on any atom is 0.261 e. The summed E-state index contributed by atoms with van der Waals surface area (Å²) in [6.07, 6.45) is 0. The van der Waals surface area contributed by atoms with E-state index in [1.54, 1.807) is 24.3 Å². The Morgan fingerprint density at radius 1 is 0.724 bits per heavy atom. The third-order valence-corrected chi connectivity index (χ3v) is 4.93. The van der Waals surface area contributed by atoms with Crippen LogP contribution in [0.2, 0.25) is 0 Å². The van der Waals surface area contributed by atoms with Crippen molar-refractivity contribution in [2.45, 2.75) is 19.4 Å². The van der Waals surface area contributed by atoms with Crippen molar-refractivity contribution < 1.29 is 9.59 Å². The van der Waals surface area contributed by atoms with Gasteiger partial charge in [0.25, 0.3) is 11.8 Å². The highest BCUT2D eigenvalue weighted by Crippen LogP contribution is 2.26. The Balaban J connectivity index is 1.69. The molecule has 3 aromatic carbocycles. The third kappa shape index (κ3) is 3.74. The monoisotopic (exact) mass is 383 g/mol. The van der Waals surface area contributed by atoms with Gasteiger partial charge in [0.2, 0.25) is 0 Å². The fourth-order valence-electron chi connectivity index (χ4n) is 3.60. The Bertz CT molecular complexity index is 1010.